The highest BCUT2D eigenvalue weighted by Crippen LogP contribution is 2.26. The number of aromatic nitrogens is 5. The van der Waals surface area contributed by atoms with Crippen LogP contribution in [0.5, 0.6) is 0 Å². The molecule has 0 aliphatic rings. The lowest BCUT2D eigenvalue weighted by Crippen LogP contribution is -2.13. The van der Waals surface area contributed by atoms with E-state index in [4.69, 9.17) is 9.15 Å². The Morgan fingerprint density at radius 3 is 2.68 bits per heavy atom. The molecule has 0 unspecified atom stereocenters. The first-order chi connectivity index (χ1) is 14.9. The van der Waals surface area contributed by atoms with Crippen LogP contribution in [0.15, 0.2) is 35.1 Å². The average molecular weight is 449 g/mol. The fourth-order valence-corrected chi connectivity index (χ4v) is 2.79. The summed E-state index contributed by atoms with van der Waals surface area (Å²) in [5.41, 5.74) is 1.61. The van der Waals surface area contributed by atoms with E-state index in [1.165, 1.54) is 0 Å². The minimum absolute atomic E-state index is 0.0165. The van der Waals surface area contributed by atoms with E-state index in [-0.39, 0.29) is 18.4 Å². The second kappa shape index (κ2) is 10.7. The molecule has 3 aromatic heterocycles. The molecule has 0 aliphatic heterocycles. The molecular weight excluding hydrogens is 426 g/mol. The minimum atomic E-state index is -3.63. The highest BCUT2D eigenvalue weighted by molar-refractivity contribution is 7.85. The van der Waals surface area contributed by atoms with Crippen molar-refractivity contribution in [2.75, 3.05) is 43.7 Å². The predicted molar refractivity (Wildman–Crippen MR) is 112 cm³/mol. The average Bonchev–Trinajstić information content (AvgIpc) is 3.22. The number of rotatable bonds is 12. The molecule has 3 rings (SSSR count). The van der Waals surface area contributed by atoms with Crippen molar-refractivity contribution in [3.63, 3.8) is 0 Å². The van der Waals surface area contributed by atoms with Crippen LogP contribution in [0.3, 0.4) is 0 Å². The molecule has 3 heterocycles. The molecule has 3 aromatic rings. The first-order valence-electron chi connectivity index (χ1n) is 9.34. The van der Waals surface area contributed by atoms with E-state index in [0.717, 1.165) is 18.2 Å². The molecule has 2 N–H and O–H groups in total. The third-order valence-corrected chi connectivity index (χ3v) is 4.47. The molecule has 0 saturated carbocycles. The summed E-state index contributed by atoms with van der Waals surface area (Å²) in [5.74, 6) is 1.05. The Morgan fingerprint density at radius 1 is 1.13 bits per heavy atom. The van der Waals surface area contributed by atoms with E-state index < -0.39 is 10.1 Å². The van der Waals surface area contributed by atoms with Gasteiger partial charge in [-0.3, -0.25) is 9.17 Å². The van der Waals surface area contributed by atoms with Crippen LogP contribution in [0.4, 0.5) is 11.8 Å². The molecule has 0 atom stereocenters. The zero-order valence-corrected chi connectivity index (χ0v) is 17.9. The topological polar surface area (TPSA) is 154 Å². The fourth-order valence-electron chi connectivity index (χ4n) is 2.48. The van der Waals surface area contributed by atoms with Crippen molar-refractivity contribution < 1.29 is 21.8 Å². The summed E-state index contributed by atoms with van der Waals surface area (Å²) in [6, 6.07) is 3.90. The van der Waals surface area contributed by atoms with E-state index in [1.54, 1.807) is 25.7 Å². The summed E-state index contributed by atoms with van der Waals surface area (Å²) < 4.78 is 37.5. The lowest BCUT2D eigenvalue weighted by Gasteiger charge is -2.11. The van der Waals surface area contributed by atoms with E-state index in [1.807, 2.05) is 12.1 Å². The second-order valence-electron chi connectivity index (χ2n) is 6.37. The quantitative estimate of drug-likeness (QED) is 0.300. The summed E-state index contributed by atoms with van der Waals surface area (Å²) in [7, 11) is -2.03. The van der Waals surface area contributed by atoms with Gasteiger partial charge in [0.15, 0.2) is 0 Å². The fraction of sp³-hybridized carbons (Fsp3) is 0.389. The molecule has 13 heteroatoms. The van der Waals surface area contributed by atoms with Crippen molar-refractivity contribution in [1.29, 1.82) is 0 Å². The van der Waals surface area contributed by atoms with Crippen molar-refractivity contribution in [2.24, 2.45) is 0 Å². The molecule has 31 heavy (non-hydrogen) atoms. The Kier molecular flexibility index (Phi) is 7.81. The lowest BCUT2D eigenvalue weighted by molar-refractivity contribution is 0.210. The van der Waals surface area contributed by atoms with Crippen LogP contribution in [0, 0.1) is 0 Å². The number of pyridine rings is 1. The monoisotopic (exact) mass is 449 g/mol. The Bertz CT molecular complexity index is 1080. The lowest BCUT2D eigenvalue weighted by atomic mass is 10.2. The number of nitrogens with one attached hydrogen (secondary N) is 2. The van der Waals surface area contributed by atoms with Gasteiger partial charge in [-0.2, -0.15) is 13.4 Å². The molecule has 0 saturated heterocycles. The Labute approximate surface area is 179 Å². The first kappa shape index (κ1) is 22.5. The maximum absolute atomic E-state index is 11.1. The van der Waals surface area contributed by atoms with Gasteiger partial charge in [0.1, 0.15) is 12.4 Å². The maximum Gasteiger partial charge on any atom is 0.264 e. The number of anilines is 2. The summed E-state index contributed by atoms with van der Waals surface area (Å²) in [6.07, 6.45) is 6.77. The van der Waals surface area contributed by atoms with Gasteiger partial charge in [-0.05, 0) is 24.1 Å². The van der Waals surface area contributed by atoms with Crippen LogP contribution >= 0.6 is 0 Å². The Morgan fingerprint density at radius 2 is 1.94 bits per heavy atom. The number of ether oxygens (including phenoxy) is 1. The highest BCUT2D eigenvalue weighted by atomic mass is 32.2. The normalized spacial score (nSPS) is 11.4. The predicted octanol–water partition coefficient (Wildman–Crippen LogP) is 1.11. The second-order valence-corrected chi connectivity index (χ2v) is 8.02. The van der Waals surface area contributed by atoms with Crippen molar-refractivity contribution in [3.05, 3.63) is 42.2 Å². The van der Waals surface area contributed by atoms with Gasteiger partial charge >= 0.3 is 0 Å². The molecule has 0 amide bonds. The van der Waals surface area contributed by atoms with E-state index in [9.17, 15) is 8.42 Å². The van der Waals surface area contributed by atoms with Crippen LogP contribution < -0.4 is 10.6 Å². The zero-order valence-electron chi connectivity index (χ0n) is 17.1. The standard InChI is InChI=1S/C18H23N7O5S/c1-28-10-9-20-16-14(17-25-24-15(30-17)12-29-31(2,26)27)11-22-18(23-16)21-8-5-13-3-6-19-7-4-13/h3-4,6-7,11H,5,8-10,12H2,1-2H3,(H2,20,21,22,23). The molecule has 0 fully saturated rings. The van der Waals surface area contributed by atoms with E-state index >= 15 is 0 Å². The van der Waals surface area contributed by atoms with Crippen LogP contribution in [-0.2, 0) is 32.1 Å². The molecular formula is C18H23N7O5S. The largest absolute Gasteiger partial charge is 0.418 e. The SMILES string of the molecule is COCCNc1nc(NCCc2ccncc2)ncc1-c1nnc(COS(C)(=O)=O)o1. The summed E-state index contributed by atoms with van der Waals surface area (Å²) in [6.45, 7) is 1.24. The van der Waals surface area contributed by atoms with Crippen LogP contribution in [0.25, 0.3) is 11.5 Å². The number of methoxy groups -OCH3 is 1. The summed E-state index contributed by atoms with van der Waals surface area (Å²) in [4.78, 5) is 12.8. The Balaban J connectivity index is 1.72. The van der Waals surface area contributed by atoms with Crippen LogP contribution in [0.1, 0.15) is 11.5 Å². The van der Waals surface area contributed by atoms with Crippen molar-refractivity contribution in [3.8, 4) is 11.5 Å². The summed E-state index contributed by atoms with van der Waals surface area (Å²) in [5, 5.41) is 14.1. The van der Waals surface area contributed by atoms with Gasteiger partial charge in [0.25, 0.3) is 16.0 Å². The van der Waals surface area contributed by atoms with E-state index in [0.29, 0.717) is 37.0 Å². The van der Waals surface area contributed by atoms with Crippen LogP contribution in [0.2, 0.25) is 0 Å². The van der Waals surface area contributed by atoms with Gasteiger partial charge in [-0.15, -0.1) is 10.2 Å². The maximum atomic E-state index is 11.1. The van der Waals surface area contributed by atoms with Crippen molar-refractivity contribution in [2.45, 2.75) is 13.0 Å². The van der Waals surface area contributed by atoms with E-state index in [2.05, 4.69) is 40.0 Å². The van der Waals surface area contributed by atoms with Crippen molar-refractivity contribution in [1.82, 2.24) is 25.1 Å². The molecule has 0 radical (unpaired) electrons. The van der Waals surface area contributed by atoms with Gasteiger partial charge in [0, 0.05) is 38.8 Å². The molecule has 0 bridgehead atoms. The third-order valence-electron chi connectivity index (χ3n) is 3.93. The van der Waals surface area contributed by atoms with Gasteiger partial charge in [0.05, 0.1) is 18.4 Å². The van der Waals surface area contributed by atoms with Crippen LogP contribution in [-0.4, -0.2) is 66.6 Å². The third kappa shape index (κ3) is 7.24. The zero-order chi connectivity index (χ0) is 22.1. The minimum Gasteiger partial charge on any atom is -0.418 e. The molecule has 0 aromatic carbocycles. The van der Waals surface area contributed by atoms with Gasteiger partial charge < -0.3 is 19.8 Å². The number of hydrogen-bond acceptors (Lipinski definition) is 12. The van der Waals surface area contributed by atoms with Crippen molar-refractivity contribution >= 4 is 21.9 Å². The molecule has 12 nitrogen and oxygen atoms in total. The summed E-state index contributed by atoms with van der Waals surface area (Å²) >= 11 is 0. The molecule has 0 spiro atoms. The van der Waals surface area contributed by atoms with Gasteiger partial charge in [0.2, 0.25) is 11.8 Å². The molecule has 166 valence electrons. The Hall–Kier alpha value is -3.16. The van der Waals surface area contributed by atoms with Gasteiger partial charge in [-0.25, -0.2) is 4.98 Å². The first-order valence-corrected chi connectivity index (χ1v) is 11.2. The number of nitrogens with zero attached hydrogens (tertiary/aromatic N) is 5. The number of hydrogen-bond donors (Lipinski definition) is 2. The highest BCUT2D eigenvalue weighted by Gasteiger charge is 2.17. The van der Waals surface area contributed by atoms with Gasteiger partial charge in [-0.1, -0.05) is 0 Å². The smallest absolute Gasteiger partial charge is 0.264 e. The molecule has 0 aliphatic carbocycles.